The number of aliphatic imine (C=N–C) groups is 1. The van der Waals surface area contributed by atoms with Crippen LogP contribution in [0.2, 0.25) is 0 Å². The van der Waals surface area contributed by atoms with Gasteiger partial charge in [0.2, 0.25) is 5.88 Å². The first-order chi connectivity index (χ1) is 15.6. The second-order valence-corrected chi connectivity index (χ2v) is 7.37. The minimum Gasteiger partial charge on any atom is -0.494 e. The van der Waals surface area contributed by atoms with Crippen LogP contribution in [0.25, 0.3) is 0 Å². The van der Waals surface area contributed by atoms with Crippen LogP contribution in [-0.2, 0) is 13.1 Å². The van der Waals surface area contributed by atoms with E-state index in [1.807, 2.05) is 54.9 Å². The number of rotatable bonds is 10. The molecule has 3 rings (SSSR count). The molecule has 2 N–H and O–H groups in total. The predicted molar refractivity (Wildman–Crippen MR) is 142 cm³/mol. The molecule has 0 aliphatic heterocycles. The fourth-order valence-corrected chi connectivity index (χ4v) is 3.25. The summed E-state index contributed by atoms with van der Waals surface area (Å²) in [5.41, 5.74) is 3.29. The SMILES string of the molecule is CCOc1ccc(Oc2cc(CNC(=NC)NCCCn3nc(C)cc3C)ccn2)cc1.I. The Morgan fingerprint density at radius 1 is 1.06 bits per heavy atom. The van der Waals surface area contributed by atoms with Gasteiger partial charge >= 0.3 is 0 Å². The van der Waals surface area contributed by atoms with Crippen molar-refractivity contribution in [1.29, 1.82) is 0 Å². The van der Waals surface area contributed by atoms with Crippen molar-refractivity contribution in [1.82, 2.24) is 25.4 Å². The van der Waals surface area contributed by atoms with Crippen LogP contribution in [0.1, 0.15) is 30.3 Å². The number of benzene rings is 1. The Balaban J connectivity index is 0.00000385. The van der Waals surface area contributed by atoms with E-state index in [-0.39, 0.29) is 24.0 Å². The molecule has 0 amide bonds. The van der Waals surface area contributed by atoms with Crippen molar-refractivity contribution in [2.45, 2.75) is 40.3 Å². The number of ether oxygens (including phenoxy) is 2. The zero-order valence-electron chi connectivity index (χ0n) is 19.7. The van der Waals surface area contributed by atoms with Crippen molar-refractivity contribution in [3.63, 3.8) is 0 Å². The summed E-state index contributed by atoms with van der Waals surface area (Å²) in [7, 11) is 1.77. The van der Waals surface area contributed by atoms with Crippen LogP contribution in [-0.4, -0.2) is 40.9 Å². The molecule has 0 spiro atoms. The van der Waals surface area contributed by atoms with Crippen LogP contribution in [0.5, 0.6) is 17.4 Å². The van der Waals surface area contributed by atoms with Gasteiger partial charge in [-0.2, -0.15) is 5.10 Å². The zero-order valence-corrected chi connectivity index (χ0v) is 22.0. The first-order valence-electron chi connectivity index (χ1n) is 10.9. The molecule has 0 radical (unpaired) electrons. The van der Waals surface area contributed by atoms with Gasteiger partial charge in [0.15, 0.2) is 5.96 Å². The third-order valence-electron chi connectivity index (χ3n) is 4.78. The molecular weight excluding hydrogens is 531 g/mol. The second-order valence-electron chi connectivity index (χ2n) is 7.37. The fourth-order valence-electron chi connectivity index (χ4n) is 3.25. The van der Waals surface area contributed by atoms with Gasteiger partial charge in [-0.05, 0) is 69.2 Å². The van der Waals surface area contributed by atoms with Crippen LogP contribution in [0.4, 0.5) is 0 Å². The summed E-state index contributed by atoms with van der Waals surface area (Å²) >= 11 is 0. The molecule has 2 heterocycles. The first kappa shape index (κ1) is 26.4. The number of aromatic nitrogens is 3. The zero-order chi connectivity index (χ0) is 22.8. The van der Waals surface area contributed by atoms with Crippen molar-refractivity contribution in [3.8, 4) is 17.4 Å². The smallest absolute Gasteiger partial charge is 0.219 e. The molecule has 0 aliphatic carbocycles. The standard InChI is InChI=1S/C24H32N6O2.HI/c1-5-31-21-7-9-22(10-8-21)32-23-16-20(11-13-26-23)17-28-24(25-4)27-12-6-14-30-19(3)15-18(2)29-30;/h7-11,13,15-16H,5-6,12,14,17H2,1-4H3,(H2,25,27,28);1H. The van der Waals surface area contributed by atoms with Gasteiger partial charge < -0.3 is 20.1 Å². The number of guanidine groups is 1. The third kappa shape index (κ3) is 8.56. The Bertz CT molecular complexity index is 1020. The van der Waals surface area contributed by atoms with E-state index in [1.54, 1.807) is 13.2 Å². The molecule has 0 saturated carbocycles. The van der Waals surface area contributed by atoms with Crippen molar-refractivity contribution in [2.75, 3.05) is 20.2 Å². The lowest BCUT2D eigenvalue weighted by atomic mass is 10.2. The summed E-state index contributed by atoms with van der Waals surface area (Å²) in [6.45, 7) is 8.98. The second kappa shape index (κ2) is 13.7. The number of halogens is 1. The molecule has 0 fully saturated rings. The van der Waals surface area contributed by atoms with Gasteiger partial charge in [-0.15, -0.1) is 24.0 Å². The number of nitrogens with zero attached hydrogens (tertiary/aromatic N) is 4. The summed E-state index contributed by atoms with van der Waals surface area (Å²) in [6, 6.07) is 13.5. The minimum atomic E-state index is 0. The van der Waals surface area contributed by atoms with Crippen molar-refractivity contribution in [2.24, 2.45) is 4.99 Å². The predicted octanol–water partition coefficient (Wildman–Crippen LogP) is 4.46. The average molecular weight is 564 g/mol. The molecule has 1 aromatic carbocycles. The average Bonchev–Trinajstić information content (AvgIpc) is 3.12. The lowest BCUT2D eigenvalue weighted by Gasteiger charge is -2.13. The number of hydrogen-bond acceptors (Lipinski definition) is 5. The highest BCUT2D eigenvalue weighted by Gasteiger charge is 2.04. The maximum Gasteiger partial charge on any atom is 0.219 e. The molecule has 0 aliphatic rings. The molecule has 0 unspecified atom stereocenters. The summed E-state index contributed by atoms with van der Waals surface area (Å²) in [4.78, 5) is 8.60. The lowest BCUT2D eigenvalue weighted by molar-refractivity contribution is 0.339. The van der Waals surface area contributed by atoms with E-state index < -0.39 is 0 Å². The number of nitrogens with one attached hydrogen (secondary N) is 2. The van der Waals surface area contributed by atoms with E-state index in [0.717, 1.165) is 42.5 Å². The van der Waals surface area contributed by atoms with Crippen molar-refractivity contribution in [3.05, 3.63) is 65.6 Å². The van der Waals surface area contributed by atoms with E-state index in [2.05, 4.69) is 38.7 Å². The van der Waals surface area contributed by atoms with E-state index in [9.17, 15) is 0 Å². The van der Waals surface area contributed by atoms with Gasteiger partial charge in [0.05, 0.1) is 12.3 Å². The van der Waals surface area contributed by atoms with Crippen molar-refractivity contribution >= 4 is 29.9 Å². The van der Waals surface area contributed by atoms with E-state index >= 15 is 0 Å². The van der Waals surface area contributed by atoms with Gasteiger partial charge in [-0.1, -0.05) is 0 Å². The van der Waals surface area contributed by atoms with Crippen LogP contribution in [0, 0.1) is 13.8 Å². The van der Waals surface area contributed by atoms with Gasteiger partial charge in [0.1, 0.15) is 11.5 Å². The molecule has 0 bridgehead atoms. The fraction of sp³-hybridized carbons (Fsp3) is 0.375. The Morgan fingerprint density at radius 3 is 2.48 bits per heavy atom. The van der Waals surface area contributed by atoms with Gasteiger partial charge in [-0.25, -0.2) is 4.98 Å². The molecule has 178 valence electrons. The Labute approximate surface area is 212 Å². The molecule has 3 aromatic rings. The number of pyridine rings is 1. The van der Waals surface area contributed by atoms with Crippen molar-refractivity contribution < 1.29 is 9.47 Å². The molecule has 0 saturated heterocycles. The van der Waals surface area contributed by atoms with Gasteiger partial charge in [0.25, 0.3) is 0 Å². The molecule has 33 heavy (non-hydrogen) atoms. The first-order valence-corrected chi connectivity index (χ1v) is 10.9. The maximum atomic E-state index is 5.87. The number of hydrogen-bond donors (Lipinski definition) is 2. The largest absolute Gasteiger partial charge is 0.494 e. The Kier molecular flexibility index (Phi) is 10.9. The van der Waals surface area contributed by atoms with Crippen LogP contribution >= 0.6 is 24.0 Å². The third-order valence-corrected chi connectivity index (χ3v) is 4.78. The van der Waals surface area contributed by atoms with Crippen LogP contribution in [0.3, 0.4) is 0 Å². The monoisotopic (exact) mass is 564 g/mol. The normalized spacial score (nSPS) is 11.0. The summed E-state index contributed by atoms with van der Waals surface area (Å²) in [6.07, 6.45) is 2.70. The molecular formula is C24H33IN6O2. The summed E-state index contributed by atoms with van der Waals surface area (Å²) < 4.78 is 13.4. The topological polar surface area (TPSA) is 85.6 Å². The summed E-state index contributed by atoms with van der Waals surface area (Å²) in [5, 5.41) is 11.2. The van der Waals surface area contributed by atoms with E-state index in [4.69, 9.17) is 9.47 Å². The molecule has 9 heteroatoms. The maximum absolute atomic E-state index is 5.87. The van der Waals surface area contributed by atoms with E-state index in [0.29, 0.717) is 24.8 Å². The highest BCUT2D eigenvalue weighted by molar-refractivity contribution is 14.0. The lowest BCUT2D eigenvalue weighted by Crippen LogP contribution is -2.37. The highest BCUT2D eigenvalue weighted by Crippen LogP contribution is 2.23. The highest BCUT2D eigenvalue weighted by atomic mass is 127. The van der Waals surface area contributed by atoms with Crippen LogP contribution in [0.15, 0.2) is 53.7 Å². The number of aryl methyl sites for hydroxylation is 3. The molecule has 2 aromatic heterocycles. The summed E-state index contributed by atoms with van der Waals surface area (Å²) in [5.74, 6) is 2.83. The van der Waals surface area contributed by atoms with E-state index in [1.165, 1.54) is 5.69 Å². The quantitative estimate of drug-likeness (QED) is 0.164. The minimum absolute atomic E-state index is 0. The molecule has 8 nitrogen and oxygen atoms in total. The Morgan fingerprint density at radius 2 is 1.82 bits per heavy atom. The Hall–Kier alpha value is -2.82. The van der Waals surface area contributed by atoms with Gasteiger partial charge in [-0.3, -0.25) is 9.67 Å². The van der Waals surface area contributed by atoms with Gasteiger partial charge in [0, 0.05) is 44.6 Å². The van der Waals surface area contributed by atoms with Crippen LogP contribution < -0.4 is 20.1 Å². The molecule has 0 atom stereocenters.